The van der Waals surface area contributed by atoms with Crippen LogP contribution in [0, 0.1) is 6.92 Å². The Labute approximate surface area is 211 Å². The minimum atomic E-state index is -0.872. The van der Waals surface area contributed by atoms with E-state index in [1.165, 1.54) is 0 Å². The van der Waals surface area contributed by atoms with Crippen LogP contribution in [0.1, 0.15) is 43.7 Å². The van der Waals surface area contributed by atoms with Crippen LogP contribution >= 0.6 is 0 Å². The molecule has 9 nitrogen and oxygen atoms in total. The smallest absolute Gasteiger partial charge is 0.326 e. The quantitative estimate of drug-likeness (QED) is 0.371. The minimum absolute atomic E-state index is 0.0435. The van der Waals surface area contributed by atoms with E-state index in [-0.39, 0.29) is 11.7 Å². The number of carbonyl (C=O) groups excluding carboxylic acids is 1. The lowest BCUT2D eigenvalue weighted by atomic mass is 10.1. The van der Waals surface area contributed by atoms with Crippen molar-refractivity contribution >= 4 is 17.0 Å². The Kier molecular flexibility index (Phi) is 8.23. The second kappa shape index (κ2) is 11.4. The lowest BCUT2D eigenvalue weighted by Crippen LogP contribution is -2.46. The first-order valence-electron chi connectivity index (χ1n) is 12.7. The van der Waals surface area contributed by atoms with Gasteiger partial charge in [0, 0.05) is 37.0 Å². The van der Waals surface area contributed by atoms with Gasteiger partial charge >= 0.3 is 5.97 Å². The van der Waals surface area contributed by atoms with Crippen LogP contribution in [0.3, 0.4) is 0 Å². The summed E-state index contributed by atoms with van der Waals surface area (Å²) in [6, 6.07) is 7.10. The average molecular weight is 496 g/mol. The summed E-state index contributed by atoms with van der Waals surface area (Å²) in [6.45, 7) is 5.36. The zero-order valence-electron chi connectivity index (χ0n) is 21.6. The molecule has 2 aromatic heterocycles. The summed E-state index contributed by atoms with van der Waals surface area (Å²) in [5.74, 6) is 0.389. The van der Waals surface area contributed by atoms with Crippen molar-refractivity contribution < 1.29 is 14.6 Å². The summed E-state index contributed by atoms with van der Waals surface area (Å²) >= 11 is 0. The Hall–Kier alpha value is -3.01. The summed E-state index contributed by atoms with van der Waals surface area (Å²) in [5, 5.41) is 13.4. The number of H-pyrrole nitrogens is 1. The lowest BCUT2D eigenvalue weighted by molar-refractivity contribution is -0.154. The number of imidazole rings is 1. The van der Waals surface area contributed by atoms with Gasteiger partial charge in [-0.15, -0.1) is 0 Å². The van der Waals surface area contributed by atoms with E-state index in [0.717, 1.165) is 66.8 Å². The van der Waals surface area contributed by atoms with Crippen LogP contribution in [0.15, 0.2) is 35.3 Å². The molecule has 4 rings (SSSR count). The Balaban J connectivity index is 1.57. The van der Waals surface area contributed by atoms with Crippen molar-refractivity contribution in [2.24, 2.45) is 0 Å². The number of aromatic amines is 1. The van der Waals surface area contributed by atoms with E-state index >= 15 is 0 Å². The maximum atomic E-state index is 12.7. The molecule has 36 heavy (non-hydrogen) atoms. The number of likely N-dealkylation sites (N-methyl/N-ethyl adjacent to an activating group) is 1. The molecule has 0 spiro atoms. The van der Waals surface area contributed by atoms with Gasteiger partial charge in [-0.1, -0.05) is 6.07 Å². The zero-order valence-corrected chi connectivity index (χ0v) is 21.6. The minimum Gasteiger partial charge on any atom is -0.461 e. The number of pyridine rings is 1. The fraction of sp³-hybridized carbons (Fsp3) is 0.519. The molecule has 1 aromatic carbocycles. The van der Waals surface area contributed by atoms with E-state index in [1.807, 2.05) is 38.4 Å². The number of aliphatic hydroxyl groups excluding tert-OH is 1. The Morgan fingerprint density at radius 2 is 2.06 bits per heavy atom. The van der Waals surface area contributed by atoms with Crippen LogP contribution in [-0.2, 0) is 22.6 Å². The van der Waals surface area contributed by atoms with Gasteiger partial charge in [0.1, 0.15) is 18.0 Å². The molecule has 0 unspecified atom stereocenters. The lowest BCUT2D eigenvalue weighted by Gasteiger charge is -2.22. The van der Waals surface area contributed by atoms with E-state index in [4.69, 9.17) is 9.72 Å². The summed E-state index contributed by atoms with van der Waals surface area (Å²) in [6.07, 6.45) is 4.72. The number of carbonyl (C=O) groups is 1. The summed E-state index contributed by atoms with van der Waals surface area (Å²) in [4.78, 5) is 34.4. The SMILES string of the molecule is Cc1cc(-c2nc3cc(CN[C@H](C(=O)OC4CCCC4)[C@@H](C)O)ccc3n2CCN(C)C)c[nH]c1=O. The van der Waals surface area contributed by atoms with Crippen molar-refractivity contribution in [3.8, 4) is 11.4 Å². The standard InChI is InChI=1S/C27H37N5O4/c1-17-13-20(16-29-26(17)34)25-30-22-14-19(9-10-23(22)32(25)12-11-31(3)4)15-28-24(18(2)33)27(35)36-21-7-5-6-8-21/h9-10,13-14,16,18,21,24,28,33H,5-8,11-12,15H2,1-4H3,(H,29,34)/t18-,24+/m1/s1. The highest BCUT2D eigenvalue weighted by atomic mass is 16.5. The number of ether oxygens (including phenoxy) is 1. The molecule has 0 saturated heterocycles. The third-order valence-electron chi connectivity index (χ3n) is 6.78. The normalized spacial score (nSPS) is 16.1. The molecule has 1 aliphatic carbocycles. The molecule has 0 amide bonds. The number of aromatic nitrogens is 3. The molecule has 0 radical (unpaired) electrons. The van der Waals surface area contributed by atoms with Gasteiger partial charge in [0.05, 0.1) is 17.1 Å². The molecule has 2 atom stereocenters. The highest BCUT2D eigenvalue weighted by Crippen LogP contribution is 2.26. The van der Waals surface area contributed by atoms with Gasteiger partial charge in [-0.25, -0.2) is 4.98 Å². The van der Waals surface area contributed by atoms with Gasteiger partial charge in [-0.05, 0) is 77.4 Å². The van der Waals surface area contributed by atoms with Crippen molar-refractivity contribution in [3.05, 3.63) is 51.9 Å². The van der Waals surface area contributed by atoms with E-state index in [9.17, 15) is 14.7 Å². The number of rotatable bonds is 10. The fourth-order valence-electron chi connectivity index (χ4n) is 4.68. The Bertz CT molecular complexity index is 1260. The highest BCUT2D eigenvalue weighted by Gasteiger charge is 2.28. The molecule has 0 bridgehead atoms. The predicted octanol–water partition coefficient (Wildman–Crippen LogP) is 2.59. The number of fused-ring (bicyclic) bond motifs is 1. The second-order valence-electron chi connectivity index (χ2n) is 10.1. The number of aliphatic hydroxyl groups is 1. The number of hydrogen-bond donors (Lipinski definition) is 3. The maximum Gasteiger partial charge on any atom is 0.326 e. The highest BCUT2D eigenvalue weighted by molar-refractivity contribution is 5.81. The molecule has 3 aromatic rings. The van der Waals surface area contributed by atoms with Crippen LogP contribution in [0.2, 0.25) is 0 Å². The largest absolute Gasteiger partial charge is 0.461 e. The van der Waals surface area contributed by atoms with E-state index in [0.29, 0.717) is 12.1 Å². The number of hydrogen-bond acceptors (Lipinski definition) is 7. The molecule has 1 aliphatic rings. The molecular formula is C27H37N5O4. The first kappa shape index (κ1) is 26.1. The van der Waals surface area contributed by atoms with Crippen LogP contribution in [0.25, 0.3) is 22.4 Å². The summed E-state index contributed by atoms with van der Waals surface area (Å²) in [7, 11) is 4.06. The van der Waals surface area contributed by atoms with Crippen molar-refractivity contribution in [2.75, 3.05) is 20.6 Å². The molecular weight excluding hydrogens is 458 g/mol. The van der Waals surface area contributed by atoms with Gasteiger partial charge < -0.3 is 24.3 Å². The van der Waals surface area contributed by atoms with Crippen LogP contribution in [0.4, 0.5) is 0 Å². The maximum absolute atomic E-state index is 12.7. The van der Waals surface area contributed by atoms with Gasteiger partial charge in [0.15, 0.2) is 0 Å². The molecule has 1 fully saturated rings. The summed E-state index contributed by atoms with van der Waals surface area (Å²) in [5.41, 5.74) is 4.15. The number of nitrogens with zero attached hydrogens (tertiary/aromatic N) is 3. The number of nitrogens with one attached hydrogen (secondary N) is 2. The van der Waals surface area contributed by atoms with Crippen LogP contribution in [-0.4, -0.2) is 69.4 Å². The third kappa shape index (κ3) is 6.03. The van der Waals surface area contributed by atoms with E-state index < -0.39 is 18.1 Å². The van der Waals surface area contributed by atoms with Gasteiger partial charge in [0.25, 0.3) is 5.56 Å². The molecule has 9 heteroatoms. The van der Waals surface area contributed by atoms with Crippen LogP contribution in [0.5, 0.6) is 0 Å². The molecule has 1 saturated carbocycles. The van der Waals surface area contributed by atoms with Crippen LogP contribution < -0.4 is 10.9 Å². The predicted molar refractivity (Wildman–Crippen MR) is 140 cm³/mol. The Morgan fingerprint density at radius 3 is 2.72 bits per heavy atom. The molecule has 194 valence electrons. The van der Waals surface area contributed by atoms with Crippen molar-refractivity contribution in [2.45, 2.75) is 70.9 Å². The number of esters is 1. The first-order chi connectivity index (χ1) is 17.2. The molecule has 0 aliphatic heterocycles. The van der Waals surface area contributed by atoms with Gasteiger partial charge in [-0.3, -0.25) is 14.9 Å². The van der Waals surface area contributed by atoms with Gasteiger partial charge in [-0.2, -0.15) is 0 Å². The van der Waals surface area contributed by atoms with E-state index in [1.54, 1.807) is 20.0 Å². The average Bonchev–Trinajstić information content (AvgIpc) is 3.46. The third-order valence-corrected chi connectivity index (χ3v) is 6.78. The number of aryl methyl sites for hydroxylation is 1. The Morgan fingerprint density at radius 1 is 1.31 bits per heavy atom. The monoisotopic (exact) mass is 495 g/mol. The van der Waals surface area contributed by atoms with Gasteiger partial charge in [0.2, 0.25) is 0 Å². The fourth-order valence-corrected chi connectivity index (χ4v) is 4.68. The van der Waals surface area contributed by atoms with Crippen molar-refractivity contribution in [1.29, 1.82) is 0 Å². The molecule has 2 heterocycles. The van der Waals surface area contributed by atoms with E-state index in [2.05, 4.69) is 19.8 Å². The number of benzene rings is 1. The topological polar surface area (TPSA) is 112 Å². The van der Waals surface area contributed by atoms with Crippen molar-refractivity contribution in [1.82, 2.24) is 24.8 Å². The zero-order chi connectivity index (χ0) is 25.8. The molecule has 3 N–H and O–H groups in total. The summed E-state index contributed by atoms with van der Waals surface area (Å²) < 4.78 is 7.78. The second-order valence-corrected chi connectivity index (χ2v) is 10.1. The first-order valence-corrected chi connectivity index (χ1v) is 12.7. The van der Waals surface area contributed by atoms with Crippen molar-refractivity contribution in [3.63, 3.8) is 0 Å².